The minimum Gasteiger partial charge on any atom is -0.468 e. The van der Waals surface area contributed by atoms with Crippen LogP contribution in [0.5, 0.6) is 0 Å². The van der Waals surface area contributed by atoms with Crippen LogP contribution in [0.25, 0.3) is 0 Å². The van der Waals surface area contributed by atoms with Crippen LogP contribution >= 0.6 is 11.8 Å². The smallest absolute Gasteiger partial charge is 0.410 e. The summed E-state index contributed by atoms with van der Waals surface area (Å²) in [5.74, 6) is -1.99. The van der Waals surface area contributed by atoms with Crippen molar-refractivity contribution < 1.29 is 33.4 Å². The van der Waals surface area contributed by atoms with E-state index in [9.17, 15) is 24.0 Å². The average molecular weight is 710 g/mol. The van der Waals surface area contributed by atoms with Crippen molar-refractivity contribution in [3.05, 3.63) is 64.7 Å². The monoisotopic (exact) mass is 709 g/mol. The van der Waals surface area contributed by atoms with Crippen molar-refractivity contribution in [2.45, 2.75) is 108 Å². The van der Waals surface area contributed by atoms with Gasteiger partial charge in [-0.15, -0.1) is 11.8 Å². The highest BCUT2D eigenvalue weighted by Gasteiger charge is 2.45. The summed E-state index contributed by atoms with van der Waals surface area (Å²) in [5, 5.41) is 6.11. The summed E-state index contributed by atoms with van der Waals surface area (Å²) in [6.07, 6.45) is 2.18. The van der Waals surface area contributed by atoms with Gasteiger partial charge in [-0.1, -0.05) is 30.3 Å². The number of hydrogen-bond donors (Lipinski definition) is 3. The van der Waals surface area contributed by atoms with Crippen molar-refractivity contribution in [2.24, 2.45) is 0 Å². The molecule has 4 amide bonds. The fourth-order valence-corrected chi connectivity index (χ4v) is 7.19. The van der Waals surface area contributed by atoms with E-state index in [1.54, 1.807) is 46.8 Å². The fourth-order valence-electron chi connectivity index (χ4n) is 6.26. The van der Waals surface area contributed by atoms with E-state index in [0.717, 1.165) is 52.6 Å². The first-order valence-corrected chi connectivity index (χ1v) is 17.9. The first-order valence-electron chi connectivity index (χ1n) is 16.9. The van der Waals surface area contributed by atoms with Crippen molar-refractivity contribution in [1.82, 2.24) is 20.4 Å². The number of benzene rings is 2. The van der Waals surface area contributed by atoms with E-state index >= 15 is 0 Å². The Kier molecular flexibility index (Phi) is 12.1. The molecule has 2 aromatic carbocycles. The first kappa shape index (κ1) is 38.5. The molecular formula is C37H51N5O7S. The number of carbonyl (C=O) groups is 5. The summed E-state index contributed by atoms with van der Waals surface area (Å²) < 4.78 is 9.24. The molecule has 0 bridgehead atoms. The number of carbonyl (C=O) groups excluding carboxylic acids is 5. The maximum atomic E-state index is 14.9. The minimum atomic E-state index is -1.22. The number of aryl methyl sites for hydroxylation is 1. The number of hydrogen-bond acceptors (Lipinski definition) is 9. The molecule has 0 spiro atoms. The Balaban J connectivity index is 1.68. The first-order chi connectivity index (χ1) is 23.4. The molecule has 0 fully saturated rings. The standard InChI is InChI=1S/C37H51N5O7S/c1-22(41(7)35(47)49-36(2,3)4)32(44)40-31(37(5,6)50-21-30(43)48-8)34(46)42-20-25-18-26(38)17-16-24(25)19-29(42)33(45)39-28-15-11-13-23-12-9-10-14-27(23)28/h9-10,12,14,16-18,22,28-29,31H,11,13,15,19-21,38H2,1-8H3,(H,39,45)(H,40,44)/t22-,28?,29?,31?/m0/s1. The molecule has 4 atom stereocenters. The van der Waals surface area contributed by atoms with Gasteiger partial charge in [0.05, 0.1) is 18.9 Å². The number of likely N-dealkylation sites (N-methyl/N-ethyl adjacent to an activating group) is 1. The SMILES string of the molecule is COC(=O)CSC(C)(C)C(NC(=O)[C@H](C)N(C)C(=O)OC(C)(C)C)C(=O)N1Cc2cc(N)ccc2CC1C(=O)NC1CCCc2ccccc21. The Hall–Kier alpha value is -4.26. The average Bonchev–Trinajstić information content (AvgIpc) is 3.07. The van der Waals surface area contributed by atoms with E-state index in [0.29, 0.717) is 5.69 Å². The minimum absolute atomic E-state index is 0.0794. The maximum absolute atomic E-state index is 14.9. The Morgan fingerprint density at radius 2 is 1.74 bits per heavy atom. The number of thioether (sulfide) groups is 1. The topological polar surface area (TPSA) is 160 Å². The van der Waals surface area contributed by atoms with Crippen LogP contribution in [0.1, 0.15) is 82.7 Å². The van der Waals surface area contributed by atoms with Crippen LogP contribution in [0, 0.1) is 0 Å². The third-order valence-electron chi connectivity index (χ3n) is 9.29. The number of nitrogens with one attached hydrogen (secondary N) is 2. The zero-order valence-corrected chi connectivity index (χ0v) is 31.1. The van der Waals surface area contributed by atoms with Crippen molar-refractivity contribution in [1.29, 1.82) is 0 Å². The fraction of sp³-hybridized carbons (Fsp3) is 0.541. The van der Waals surface area contributed by atoms with Crippen molar-refractivity contribution in [3.8, 4) is 0 Å². The Morgan fingerprint density at radius 1 is 1.04 bits per heavy atom. The van der Waals surface area contributed by atoms with Gasteiger partial charge in [0.25, 0.3) is 0 Å². The van der Waals surface area contributed by atoms with Crippen molar-refractivity contribution in [2.75, 3.05) is 25.6 Å². The van der Waals surface area contributed by atoms with Gasteiger partial charge in [0.15, 0.2) is 0 Å². The molecule has 13 heteroatoms. The van der Waals surface area contributed by atoms with Gasteiger partial charge in [0, 0.05) is 30.4 Å². The van der Waals surface area contributed by atoms with Gasteiger partial charge in [-0.2, -0.15) is 0 Å². The number of nitrogens with zero attached hydrogens (tertiary/aromatic N) is 2. The van der Waals surface area contributed by atoms with Crippen LogP contribution in [0.4, 0.5) is 10.5 Å². The molecule has 3 unspecified atom stereocenters. The molecule has 1 heterocycles. The normalized spacial score (nSPS) is 18.4. The van der Waals surface area contributed by atoms with Crippen LogP contribution in [0.15, 0.2) is 42.5 Å². The summed E-state index contributed by atoms with van der Waals surface area (Å²) in [7, 11) is 2.72. The number of nitrogens with two attached hydrogens (primary N) is 1. The van der Waals surface area contributed by atoms with E-state index in [-0.39, 0.29) is 30.7 Å². The summed E-state index contributed by atoms with van der Waals surface area (Å²) >= 11 is 1.14. The second kappa shape index (κ2) is 15.7. The molecule has 0 saturated carbocycles. The number of ether oxygens (including phenoxy) is 2. The van der Waals surface area contributed by atoms with E-state index in [1.807, 2.05) is 24.3 Å². The third kappa shape index (κ3) is 9.29. The number of fused-ring (bicyclic) bond motifs is 2. The van der Waals surface area contributed by atoms with Gasteiger partial charge in [-0.25, -0.2) is 4.79 Å². The van der Waals surface area contributed by atoms with Crippen molar-refractivity contribution >= 4 is 47.2 Å². The van der Waals surface area contributed by atoms with Gasteiger partial charge in [0.2, 0.25) is 17.7 Å². The van der Waals surface area contributed by atoms with E-state index in [4.69, 9.17) is 15.2 Å². The van der Waals surface area contributed by atoms with E-state index < -0.39 is 52.4 Å². The highest BCUT2D eigenvalue weighted by Crippen LogP contribution is 2.34. The number of anilines is 1. The predicted molar refractivity (Wildman–Crippen MR) is 193 cm³/mol. The number of nitrogen functional groups attached to an aromatic ring is 1. The predicted octanol–water partition coefficient (Wildman–Crippen LogP) is 4.14. The van der Waals surface area contributed by atoms with Crippen molar-refractivity contribution in [3.63, 3.8) is 0 Å². The number of esters is 1. The Labute approximate surface area is 299 Å². The lowest BCUT2D eigenvalue weighted by molar-refractivity contribution is -0.146. The second-order valence-corrected chi connectivity index (χ2v) is 16.2. The zero-order valence-electron chi connectivity index (χ0n) is 30.3. The lowest BCUT2D eigenvalue weighted by Crippen LogP contribution is -2.64. The molecule has 272 valence electrons. The molecule has 0 saturated heterocycles. The van der Waals surface area contributed by atoms with E-state index in [2.05, 4.69) is 16.7 Å². The largest absolute Gasteiger partial charge is 0.468 e. The summed E-state index contributed by atoms with van der Waals surface area (Å²) in [6.45, 7) is 10.3. The van der Waals surface area contributed by atoms with Gasteiger partial charge in [-0.05, 0) is 95.2 Å². The highest BCUT2D eigenvalue weighted by atomic mass is 32.2. The lowest BCUT2D eigenvalue weighted by Gasteiger charge is -2.42. The zero-order chi connectivity index (χ0) is 37.0. The summed E-state index contributed by atoms with van der Waals surface area (Å²) in [5.41, 5.74) is 9.85. The van der Waals surface area contributed by atoms with Gasteiger partial charge < -0.3 is 30.7 Å². The number of rotatable bonds is 10. The van der Waals surface area contributed by atoms with Gasteiger partial charge in [0.1, 0.15) is 23.7 Å². The molecule has 4 rings (SSSR count). The van der Waals surface area contributed by atoms with Crippen LogP contribution < -0.4 is 16.4 Å². The molecule has 12 nitrogen and oxygen atoms in total. The van der Waals surface area contributed by atoms with E-state index in [1.165, 1.54) is 31.5 Å². The van der Waals surface area contributed by atoms with Crippen LogP contribution in [0.2, 0.25) is 0 Å². The summed E-state index contributed by atoms with van der Waals surface area (Å²) in [4.78, 5) is 70.6. The van der Waals surface area contributed by atoms with Gasteiger partial charge in [-0.3, -0.25) is 24.1 Å². The van der Waals surface area contributed by atoms with Crippen LogP contribution in [-0.4, -0.2) is 88.0 Å². The molecule has 4 N–H and O–H groups in total. The maximum Gasteiger partial charge on any atom is 0.410 e. The summed E-state index contributed by atoms with van der Waals surface area (Å²) in [6, 6.07) is 10.2. The lowest BCUT2D eigenvalue weighted by atomic mass is 9.87. The Bertz CT molecular complexity index is 1610. The third-order valence-corrected chi connectivity index (χ3v) is 10.7. The second-order valence-electron chi connectivity index (χ2n) is 14.5. The molecule has 0 aromatic heterocycles. The van der Waals surface area contributed by atoms with Crippen LogP contribution in [0.3, 0.4) is 0 Å². The molecule has 1 aliphatic carbocycles. The molecule has 2 aliphatic rings. The van der Waals surface area contributed by atoms with Crippen LogP contribution in [-0.2, 0) is 48.0 Å². The Morgan fingerprint density at radius 3 is 2.42 bits per heavy atom. The van der Waals surface area contributed by atoms with Gasteiger partial charge >= 0.3 is 12.1 Å². The molecule has 1 aliphatic heterocycles. The molecular weight excluding hydrogens is 659 g/mol. The number of methoxy groups -OCH3 is 1. The molecule has 0 radical (unpaired) electrons. The number of amides is 4. The molecule has 50 heavy (non-hydrogen) atoms. The molecule has 2 aromatic rings. The highest BCUT2D eigenvalue weighted by molar-refractivity contribution is 8.01. The quantitative estimate of drug-likeness (QED) is 0.243.